The molecular weight excluding hydrogens is 370 g/mol. The van der Waals surface area contributed by atoms with E-state index in [0.29, 0.717) is 11.1 Å². The Kier molecular flexibility index (Phi) is 5.79. The lowest BCUT2D eigenvalue weighted by Gasteiger charge is -2.23. The first kappa shape index (κ1) is 18.8. The van der Waals surface area contributed by atoms with Gasteiger partial charge in [0.05, 0.1) is 0 Å². The lowest BCUT2D eigenvalue weighted by molar-refractivity contribution is 0.441. The van der Waals surface area contributed by atoms with Gasteiger partial charge in [0.1, 0.15) is 17.3 Å². The maximum Gasteiger partial charge on any atom is 0.132 e. The zero-order chi connectivity index (χ0) is 19.3. The third-order valence-electron chi connectivity index (χ3n) is 5.06. The summed E-state index contributed by atoms with van der Waals surface area (Å²) in [5.41, 5.74) is 1.14. The quantitative estimate of drug-likeness (QED) is 0.603. The maximum atomic E-state index is 6.12. The summed E-state index contributed by atoms with van der Waals surface area (Å²) in [4.78, 5) is 6.80. The highest BCUT2D eigenvalue weighted by molar-refractivity contribution is 6.30. The van der Waals surface area contributed by atoms with E-state index in [1.807, 2.05) is 60.8 Å². The first-order valence-electron chi connectivity index (χ1n) is 9.63. The highest BCUT2D eigenvalue weighted by Crippen LogP contribution is 2.31. The summed E-state index contributed by atoms with van der Waals surface area (Å²) in [5, 5.41) is 4.43. The molecule has 4 rings (SSSR count). The van der Waals surface area contributed by atoms with E-state index in [1.54, 1.807) is 0 Å². The Morgan fingerprint density at radius 3 is 2.79 bits per heavy atom. The minimum Gasteiger partial charge on any atom is -0.457 e. The lowest BCUT2D eigenvalue weighted by Crippen LogP contribution is -2.34. The number of anilines is 1. The van der Waals surface area contributed by atoms with Crippen LogP contribution in [-0.4, -0.2) is 24.1 Å². The molecule has 2 aromatic carbocycles. The molecule has 0 radical (unpaired) electrons. The Morgan fingerprint density at radius 2 is 1.96 bits per heavy atom. The fraction of sp³-hybridized carbons (Fsp3) is 0.261. The van der Waals surface area contributed by atoms with E-state index in [-0.39, 0.29) is 6.04 Å². The molecule has 2 heterocycles. The first-order valence-corrected chi connectivity index (χ1v) is 10.0. The number of para-hydroxylation sites is 1. The molecule has 2 unspecified atom stereocenters. The van der Waals surface area contributed by atoms with Gasteiger partial charge in [0.2, 0.25) is 0 Å². The Hall–Kier alpha value is -2.56. The van der Waals surface area contributed by atoms with Crippen molar-refractivity contribution in [1.29, 1.82) is 0 Å². The number of aromatic nitrogens is 1. The van der Waals surface area contributed by atoms with Gasteiger partial charge in [-0.15, -0.1) is 0 Å². The second kappa shape index (κ2) is 8.63. The van der Waals surface area contributed by atoms with Crippen molar-refractivity contribution in [3.8, 4) is 11.5 Å². The van der Waals surface area contributed by atoms with Gasteiger partial charge in [-0.05, 0) is 49.7 Å². The highest BCUT2D eigenvalue weighted by atomic mass is 35.5. The van der Waals surface area contributed by atoms with Gasteiger partial charge in [-0.25, -0.2) is 4.98 Å². The summed E-state index contributed by atoms with van der Waals surface area (Å²) < 4.78 is 6.12. The Balaban J connectivity index is 1.43. The molecule has 0 bridgehead atoms. The molecule has 1 aliphatic heterocycles. The molecule has 0 spiro atoms. The van der Waals surface area contributed by atoms with Crippen molar-refractivity contribution in [2.45, 2.75) is 25.4 Å². The second-order valence-corrected chi connectivity index (χ2v) is 7.54. The predicted octanol–water partition coefficient (Wildman–Crippen LogP) is 5.46. The summed E-state index contributed by atoms with van der Waals surface area (Å²) in [7, 11) is 0. The van der Waals surface area contributed by atoms with Crippen molar-refractivity contribution in [1.82, 2.24) is 10.3 Å². The molecular formula is C23H24ClN3O. The molecule has 1 saturated heterocycles. The number of benzene rings is 2. The average molecular weight is 394 g/mol. The van der Waals surface area contributed by atoms with Crippen molar-refractivity contribution in [3.63, 3.8) is 0 Å². The van der Waals surface area contributed by atoms with Crippen LogP contribution >= 0.6 is 11.6 Å². The topological polar surface area (TPSA) is 37.4 Å². The summed E-state index contributed by atoms with van der Waals surface area (Å²) in [6.45, 7) is 4.16. The molecule has 3 aromatic rings. The highest BCUT2D eigenvalue weighted by Gasteiger charge is 2.25. The first-order chi connectivity index (χ1) is 13.7. The number of ether oxygens (including phenoxy) is 1. The number of halogens is 1. The molecule has 1 fully saturated rings. The fourth-order valence-corrected chi connectivity index (χ4v) is 3.86. The minimum atomic E-state index is 0.170. The van der Waals surface area contributed by atoms with Crippen molar-refractivity contribution in [2.24, 2.45) is 0 Å². The molecule has 1 aromatic heterocycles. The van der Waals surface area contributed by atoms with Gasteiger partial charge in [0, 0.05) is 42.0 Å². The van der Waals surface area contributed by atoms with Gasteiger partial charge < -0.3 is 15.0 Å². The van der Waals surface area contributed by atoms with Crippen LogP contribution in [0.1, 0.15) is 24.9 Å². The molecule has 4 nitrogen and oxygen atoms in total. The molecule has 0 aliphatic carbocycles. The standard InChI is InChI=1S/C23H24ClN3O/c1-17(26-19-12-14-27(16-19)23-11-4-5-13-25-23)21-9-2-3-10-22(21)28-20-8-6-7-18(24)15-20/h2-11,13,15,17,19,26H,12,14,16H2,1H3. The van der Waals surface area contributed by atoms with Crippen molar-refractivity contribution in [2.75, 3.05) is 18.0 Å². The SMILES string of the molecule is CC(NC1CCN(c2ccccn2)C1)c1ccccc1Oc1cccc(Cl)c1. The molecule has 5 heteroatoms. The molecule has 2 atom stereocenters. The van der Waals surface area contributed by atoms with Gasteiger partial charge in [0.25, 0.3) is 0 Å². The fourth-order valence-electron chi connectivity index (χ4n) is 3.68. The summed E-state index contributed by atoms with van der Waals surface area (Å²) >= 11 is 6.09. The van der Waals surface area contributed by atoms with E-state index in [9.17, 15) is 0 Å². The Labute approximate surface area is 171 Å². The maximum absolute atomic E-state index is 6.12. The van der Waals surface area contributed by atoms with Crippen molar-refractivity contribution >= 4 is 17.4 Å². The van der Waals surface area contributed by atoms with E-state index in [0.717, 1.165) is 42.4 Å². The zero-order valence-electron chi connectivity index (χ0n) is 15.9. The minimum absolute atomic E-state index is 0.170. The molecule has 144 valence electrons. The van der Waals surface area contributed by atoms with E-state index in [2.05, 4.69) is 34.3 Å². The van der Waals surface area contributed by atoms with Gasteiger partial charge >= 0.3 is 0 Å². The van der Waals surface area contributed by atoms with Crippen LogP contribution in [0.5, 0.6) is 11.5 Å². The second-order valence-electron chi connectivity index (χ2n) is 7.11. The Bertz CT molecular complexity index is 918. The lowest BCUT2D eigenvalue weighted by atomic mass is 10.1. The molecule has 28 heavy (non-hydrogen) atoms. The van der Waals surface area contributed by atoms with Crippen LogP contribution in [-0.2, 0) is 0 Å². The average Bonchev–Trinajstić information content (AvgIpc) is 3.17. The normalized spacial score (nSPS) is 17.5. The van der Waals surface area contributed by atoms with Gasteiger partial charge in [-0.3, -0.25) is 0 Å². The van der Waals surface area contributed by atoms with Crippen molar-refractivity contribution in [3.05, 3.63) is 83.5 Å². The number of nitrogens with one attached hydrogen (secondary N) is 1. The Morgan fingerprint density at radius 1 is 1.11 bits per heavy atom. The van der Waals surface area contributed by atoms with Crippen LogP contribution in [0.3, 0.4) is 0 Å². The van der Waals surface area contributed by atoms with E-state index in [4.69, 9.17) is 16.3 Å². The van der Waals surface area contributed by atoms with Gasteiger partial charge in [-0.2, -0.15) is 0 Å². The molecule has 0 saturated carbocycles. The van der Waals surface area contributed by atoms with Crippen molar-refractivity contribution < 1.29 is 4.74 Å². The molecule has 0 amide bonds. The third-order valence-corrected chi connectivity index (χ3v) is 5.29. The van der Waals surface area contributed by atoms with Crippen LogP contribution < -0.4 is 15.0 Å². The summed E-state index contributed by atoms with van der Waals surface area (Å²) in [6, 6.07) is 22.3. The number of pyridine rings is 1. The predicted molar refractivity (Wildman–Crippen MR) is 114 cm³/mol. The van der Waals surface area contributed by atoms with Crippen LogP contribution in [0.2, 0.25) is 5.02 Å². The van der Waals surface area contributed by atoms with Crippen LogP contribution in [0.4, 0.5) is 5.82 Å². The van der Waals surface area contributed by atoms with Gasteiger partial charge in [-0.1, -0.05) is 41.9 Å². The largest absolute Gasteiger partial charge is 0.457 e. The van der Waals surface area contributed by atoms with Crippen LogP contribution in [0.15, 0.2) is 72.9 Å². The summed E-state index contributed by atoms with van der Waals surface area (Å²) in [5.74, 6) is 2.64. The van der Waals surface area contributed by atoms with Crippen LogP contribution in [0, 0.1) is 0 Å². The number of hydrogen-bond donors (Lipinski definition) is 1. The molecule has 1 aliphatic rings. The van der Waals surface area contributed by atoms with Crippen LogP contribution in [0.25, 0.3) is 0 Å². The zero-order valence-corrected chi connectivity index (χ0v) is 16.6. The number of rotatable bonds is 6. The smallest absolute Gasteiger partial charge is 0.132 e. The van der Waals surface area contributed by atoms with Gasteiger partial charge in [0.15, 0.2) is 0 Å². The third kappa shape index (κ3) is 4.46. The number of nitrogens with zero attached hydrogens (tertiary/aromatic N) is 2. The van der Waals surface area contributed by atoms with E-state index >= 15 is 0 Å². The van der Waals surface area contributed by atoms with E-state index in [1.165, 1.54) is 0 Å². The number of hydrogen-bond acceptors (Lipinski definition) is 4. The monoisotopic (exact) mass is 393 g/mol. The molecule has 1 N–H and O–H groups in total. The summed E-state index contributed by atoms with van der Waals surface area (Å²) in [6.07, 6.45) is 2.94. The van der Waals surface area contributed by atoms with E-state index < -0.39 is 0 Å².